The van der Waals surface area contributed by atoms with Crippen molar-refractivity contribution in [2.75, 3.05) is 16.0 Å². The van der Waals surface area contributed by atoms with E-state index in [4.69, 9.17) is 5.73 Å². The largest absolute Gasteiger partial charge is 0.366 e. The molecule has 5 rings (SSSR count). The summed E-state index contributed by atoms with van der Waals surface area (Å²) in [6.45, 7) is 0. The number of nitrogens with two attached hydrogens (primary N) is 1. The minimum absolute atomic E-state index is 0.00408. The number of nitrogens with zero attached hydrogens (tertiary/aromatic N) is 5. The van der Waals surface area contributed by atoms with Crippen molar-refractivity contribution in [3.8, 4) is 0 Å². The lowest BCUT2D eigenvalue weighted by atomic mass is 9.92. The second-order valence-electron chi connectivity index (χ2n) is 8.61. The molecule has 4 heterocycles. The zero-order valence-electron chi connectivity index (χ0n) is 19.2. The molecule has 0 aromatic carbocycles. The van der Waals surface area contributed by atoms with E-state index >= 15 is 0 Å². The molecule has 184 valence electrons. The number of halogens is 1. The summed E-state index contributed by atoms with van der Waals surface area (Å²) in [6.07, 6.45) is 9.56. The molecule has 4 aromatic heterocycles. The summed E-state index contributed by atoms with van der Waals surface area (Å²) >= 11 is 0. The first kappa shape index (κ1) is 23.3. The summed E-state index contributed by atoms with van der Waals surface area (Å²) in [4.78, 5) is 36.3. The summed E-state index contributed by atoms with van der Waals surface area (Å²) in [7, 11) is 0. The Morgan fingerprint density at radius 3 is 2.61 bits per heavy atom. The van der Waals surface area contributed by atoms with Gasteiger partial charge < -0.3 is 21.7 Å². The molecule has 12 heteroatoms. The third-order valence-corrected chi connectivity index (χ3v) is 6.03. The SMILES string of the molecule is NC1CCC(Nc2cc(Nc3ccc(C=O)cn3)c3ncc(C(=O)Nc4ccncc4F)n3n2)CC1. The highest BCUT2D eigenvalue weighted by Gasteiger charge is 2.22. The molecule has 1 aliphatic rings. The fraction of sp³-hybridized carbons (Fsp3) is 0.250. The molecular formula is C24H24FN9O2. The summed E-state index contributed by atoms with van der Waals surface area (Å²) in [5.41, 5.74) is 7.50. The van der Waals surface area contributed by atoms with E-state index in [1.165, 1.54) is 29.2 Å². The van der Waals surface area contributed by atoms with Crippen LogP contribution in [0.2, 0.25) is 0 Å². The van der Waals surface area contributed by atoms with E-state index in [0.717, 1.165) is 31.9 Å². The third-order valence-electron chi connectivity index (χ3n) is 6.03. The minimum Gasteiger partial charge on any atom is -0.366 e. The molecule has 0 unspecified atom stereocenters. The van der Waals surface area contributed by atoms with E-state index in [2.05, 4.69) is 36.0 Å². The average Bonchev–Trinajstić information content (AvgIpc) is 3.32. The summed E-state index contributed by atoms with van der Waals surface area (Å²) < 4.78 is 15.4. The molecule has 4 aromatic rings. The van der Waals surface area contributed by atoms with Gasteiger partial charge in [0.2, 0.25) is 0 Å². The van der Waals surface area contributed by atoms with Crippen LogP contribution in [0.15, 0.2) is 49.1 Å². The molecule has 5 N–H and O–H groups in total. The van der Waals surface area contributed by atoms with E-state index < -0.39 is 11.7 Å². The number of anilines is 4. The van der Waals surface area contributed by atoms with Gasteiger partial charge in [-0.05, 0) is 43.9 Å². The maximum absolute atomic E-state index is 14.0. The molecule has 11 nitrogen and oxygen atoms in total. The van der Waals surface area contributed by atoms with E-state index in [0.29, 0.717) is 34.8 Å². The van der Waals surface area contributed by atoms with Crippen LogP contribution in [-0.2, 0) is 0 Å². The Kier molecular flexibility index (Phi) is 6.50. The van der Waals surface area contributed by atoms with Crippen LogP contribution in [0.3, 0.4) is 0 Å². The highest BCUT2D eigenvalue weighted by atomic mass is 19.1. The molecule has 1 fully saturated rings. The van der Waals surface area contributed by atoms with Crippen molar-refractivity contribution >= 4 is 40.9 Å². The first-order valence-electron chi connectivity index (χ1n) is 11.5. The van der Waals surface area contributed by atoms with Gasteiger partial charge in [0.15, 0.2) is 23.4 Å². The predicted molar refractivity (Wildman–Crippen MR) is 132 cm³/mol. The topological polar surface area (TPSA) is 152 Å². The van der Waals surface area contributed by atoms with Gasteiger partial charge in [-0.15, -0.1) is 5.10 Å². The first-order valence-corrected chi connectivity index (χ1v) is 11.5. The Bertz CT molecular complexity index is 1400. The number of carbonyl (C=O) groups excluding carboxylic acids is 2. The fourth-order valence-electron chi connectivity index (χ4n) is 4.11. The molecule has 1 aliphatic carbocycles. The second kappa shape index (κ2) is 10.0. The van der Waals surface area contributed by atoms with Crippen molar-refractivity contribution in [2.45, 2.75) is 37.8 Å². The maximum atomic E-state index is 14.0. The van der Waals surface area contributed by atoms with Crippen molar-refractivity contribution in [1.82, 2.24) is 24.6 Å². The van der Waals surface area contributed by atoms with Gasteiger partial charge in [0.25, 0.3) is 5.91 Å². The Morgan fingerprint density at radius 1 is 1.06 bits per heavy atom. The van der Waals surface area contributed by atoms with Gasteiger partial charge in [-0.3, -0.25) is 14.6 Å². The molecule has 0 aliphatic heterocycles. The third kappa shape index (κ3) is 4.98. The van der Waals surface area contributed by atoms with Gasteiger partial charge in [0, 0.05) is 36.1 Å². The summed E-state index contributed by atoms with van der Waals surface area (Å²) in [6, 6.07) is 6.84. The van der Waals surface area contributed by atoms with Crippen LogP contribution in [0.1, 0.15) is 46.5 Å². The van der Waals surface area contributed by atoms with Crippen molar-refractivity contribution in [3.05, 3.63) is 66.1 Å². The zero-order chi connectivity index (χ0) is 25.1. The first-order chi connectivity index (χ1) is 17.5. The predicted octanol–water partition coefficient (Wildman–Crippen LogP) is 3.15. The van der Waals surface area contributed by atoms with Gasteiger partial charge in [0.1, 0.15) is 11.6 Å². The van der Waals surface area contributed by atoms with Gasteiger partial charge in [-0.2, -0.15) is 0 Å². The molecule has 0 bridgehead atoms. The van der Waals surface area contributed by atoms with Gasteiger partial charge in [0.05, 0.1) is 23.8 Å². The van der Waals surface area contributed by atoms with Crippen LogP contribution in [0.4, 0.5) is 27.4 Å². The molecule has 0 atom stereocenters. The van der Waals surface area contributed by atoms with Crippen LogP contribution in [0, 0.1) is 5.82 Å². The molecule has 36 heavy (non-hydrogen) atoms. The normalized spacial score (nSPS) is 17.5. The van der Waals surface area contributed by atoms with E-state index in [-0.39, 0.29) is 23.5 Å². The molecule has 1 amide bonds. The van der Waals surface area contributed by atoms with Crippen molar-refractivity contribution in [2.24, 2.45) is 5.73 Å². The number of fused-ring (bicyclic) bond motifs is 1. The Balaban J connectivity index is 1.50. The van der Waals surface area contributed by atoms with Crippen LogP contribution in [0.25, 0.3) is 5.65 Å². The highest BCUT2D eigenvalue weighted by Crippen LogP contribution is 2.26. The zero-order valence-corrected chi connectivity index (χ0v) is 19.2. The minimum atomic E-state index is -0.655. The quantitative estimate of drug-likeness (QED) is 0.287. The fourth-order valence-corrected chi connectivity index (χ4v) is 4.11. The number of imidazole rings is 1. The number of hydrogen-bond donors (Lipinski definition) is 4. The summed E-state index contributed by atoms with van der Waals surface area (Å²) in [5, 5.41) is 13.8. The van der Waals surface area contributed by atoms with Crippen LogP contribution >= 0.6 is 0 Å². The van der Waals surface area contributed by atoms with Crippen LogP contribution in [0.5, 0.6) is 0 Å². The molecule has 0 saturated heterocycles. The van der Waals surface area contributed by atoms with Crippen molar-refractivity contribution in [1.29, 1.82) is 0 Å². The lowest BCUT2D eigenvalue weighted by Gasteiger charge is -2.27. The lowest BCUT2D eigenvalue weighted by Crippen LogP contribution is -2.33. The number of aromatic nitrogens is 5. The molecule has 0 radical (unpaired) electrons. The van der Waals surface area contributed by atoms with Gasteiger partial charge in [-0.25, -0.2) is 18.9 Å². The van der Waals surface area contributed by atoms with Crippen LogP contribution < -0.4 is 21.7 Å². The molecule has 0 spiro atoms. The van der Waals surface area contributed by atoms with E-state index in [1.807, 2.05) is 0 Å². The second-order valence-corrected chi connectivity index (χ2v) is 8.61. The van der Waals surface area contributed by atoms with E-state index in [9.17, 15) is 14.0 Å². The van der Waals surface area contributed by atoms with Crippen LogP contribution in [-0.4, -0.2) is 48.8 Å². The smallest absolute Gasteiger partial charge is 0.276 e. The number of pyridine rings is 2. The lowest BCUT2D eigenvalue weighted by molar-refractivity contribution is 0.101. The van der Waals surface area contributed by atoms with Crippen molar-refractivity contribution < 1.29 is 14.0 Å². The number of aldehydes is 1. The number of amides is 1. The number of nitrogens with one attached hydrogen (secondary N) is 3. The van der Waals surface area contributed by atoms with Gasteiger partial charge in [-0.1, -0.05) is 0 Å². The Morgan fingerprint density at radius 2 is 1.89 bits per heavy atom. The number of carbonyl (C=O) groups is 2. The number of hydrogen-bond acceptors (Lipinski definition) is 9. The van der Waals surface area contributed by atoms with E-state index in [1.54, 1.807) is 18.2 Å². The number of rotatable bonds is 7. The highest BCUT2D eigenvalue weighted by molar-refractivity contribution is 6.03. The maximum Gasteiger partial charge on any atom is 0.276 e. The van der Waals surface area contributed by atoms with Gasteiger partial charge >= 0.3 is 0 Å². The Labute approximate surface area is 205 Å². The average molecular weight is 490 g/mol. The Hall–Kier alpha value is -4.45. The molecule has 1 saturated carbocycles. The standard InChI is InChI=1S/C24H24FN9O2/c25-17-11-27-8-7-18(17)32-24(36)20-12-29-23-19(31-21-6-1-14(13-35)10-28-21)9-22(33-34(20)23)30-16-4-2-15(26)3-5-16/h1,6-13,15-16H,2-5,26H2,(H,28,31)(H,30,33)(H,27,32,36). The monoisotopic (exact) mass is 489 g/mol. The van der Waals surface area contributed by atoms with Crippen molar-refractivity contribution in [3.63, 3.8) is 0 Å². The summed E-state index contributed by atoms with van der Waals surface area (Å²) in [5.74, 6) is -0.230. The molecular weight excluding hydrogens is 465 g/mol.